The fraction of sp³-hybridized carbons (Fsp3) is 0.462. The lowest BCUT2D eigenvalue weighted by atomic mass is 10.0. The zero-order chi connectivity index (χ0) is 14.2. The number of imidazole rings is 1. The normalized spacial score (nSPS) is 12.9. The van der Waals surface area contributed by atoms with Gasteiger partial charge in [-0.25, -0.2) is 14.8 Å². The lowest BCUT2D eigenvalue weighted by Gasteiger charge is -2.21. The van der Waals surface area contributed by atoms with Crippen molar-refractivity contribution in [2.45, 2.75) is 26.8 Å². The van der Waals surface area contributed by atoms with Gasteiger partial charge in [0.15, 0.2) is 5.65 Å². The summed E-state index contributed by atoms with van der Waals surface area (Å²) < 4.78 is 6.51. The second-order valence-corrected chi connectivity index (χ2v) is 4.85. The number of nitrogen functional groups attached to an aromatic ring is 1. The first-order valence-corrected chi connectivity index (χ1v) is 6.14. The number of carbonyl (C=O) groups excluding carboxylic acids is 1. The summed E-state index contributed by atoms with van der Waals surface area (Å²) in [7, 11) is 1.37. The molecule has 19 heavy (non-hydrogen) atoms. The Morgan fingerprint density at radius 3 is 2.74 bits per heavy atom. The Kier molecular flexibility index (Phi) is 3.42. The van der Waals surface area contributed by atoms with Crippen molar-refractivity contribution in [1.29, 1.82) is 0 Å². The lowest BCUT2D eigenvalue weighted by Crippen LogP contribution is -2.27. The van der Waals surface area contributed by atoms with Crippen LogP contribution in [-0.2, 0) is 9.53 Å². The van der Waals surface area contributed by atoms with E-state index in [1.54, 1.807) is 10.8 Å². The second kappa shape index (κ2) is 4.87. The van der Waals surface area contributed by atoms with E-state index in [1.165, 1.54) is 7.11 Å². The quantitative estimate of drug-likeness (QED) is 0.851. The predicted octanol–water partition coefficient (Wildman–Crippen LogP) is 1.69. The van der Waals surface area contributed by atoms with Gasteiger partial charge in [0.25, 0.3) is 0 Å². The van der Waals surface area contributed by atoms with Gasteiger partial charge in [0.1, 0.15) is 11.6 Å². The molecular weight excluding hydrogens is 244 g/mol. The summed E-state index contributed by atoms with van der Waals surface area (Å²) in [6, 6.07) is 1.34. The van der Waals surface area contributed by atoms with Crippen LogP contribution in [-0.4, -0.2) is 27.6 Å². The van der Waals surface area contributed by atoms with Crippen molar-refractivity contribution < 1.29 is 9.53 Å². The monoisotopic (exact) mass is 262 g/mol. The third-order valence-electron chi connectivity index (χ3n) is 3.16. The number of hydrogen-bond acceptors (Lipinski definition) is 5. The Balaban J connectivity index is 2.69. The van der Waals surface area contributed by atoms with Crippen LogP contribution >= 0.6 is 0 Å². The number of carbonyl (C=O) groups is 1. The van der Waals surface area contributed by atoms with Crippen LogP contribution in [0.15, 0.2) is 12.3 Å². The summed E-state index contributed by atoms with van der Waals surface area (Å²) >= 11 is 0. The minimum atomic E-state index is -0.524. The summed E-state index contributed by atoms with van der Waals surface area (Å²) in [5, 5.41) is 0. The number of anilines is 1. The number of esters is 1. The fourth-order valence-electron chi connectivity index (χ4n) is 2.20. The number of nitrogens with zero attached hydrogens (tertiary/aromatic N) is 3. The van der Waals surface area contributed by atoms with Crippen LogP contribution in [0.5, 0.6) is 0 Å². The number of nitrogens with two attached hydrogens (primary N) is 1. The van der Waals surface area contributed by atoms with Gasteiger partial charge in [-0.1, -0.05) is 13.8 Å². The molecule has 0 spiro atoms. The first kappa shape index (κ1) is 13.3. The summed E-state index contributed by atoms with van der Waals surface area (Å²) in [4.78, 5) is 20.6. The molecule has 0 aromatic carbocycles. The number of methoxy groups -OCH3 is 1. The maximum atomic E-state index is 12.0. The van der Waals surface area contributed by atoms with Crippen molar-refractivity contribution in [2.24, 2.45) is 5.92 Å². The summed E-state index contributed by atoms with van der Waals surface area (Å²) in [5.74, 6) is -0.0420. The molecule has 2 aromatic rings. The van der Waals surface area contributed by atoms with E-state index in [-0.39, 0.29) is 17.8 Å². The highest BCUT2D eigenvalue weighted by Gasteiger charge is 2.29. The molecule has 0 amide bonds. The molecule has 0 aliphatic carbocycles. The van der Waals surface area contributed by atoms with E-state index in [2.05, 4.69) is 9.97 Å². The van der Waals surface area contributed by atoms with E-state index >= 15 is 0 Å². The number of aromatic nitrogens is 3. The number of fused-ring (bicyclic) bond motifs is 1. The number of aryl methyl sites for hydroxylation is 1. The molecule has 0 aliphatic rings. The number of ether oxygens (including phenoxy) is 1. The molecule has 2 heterocycles. The zero-order valence-electron chi connectivity index (χ0n) is 11.5. The standard InChI is InChI=1S/C13H18N4O2/c1-7(2)10(12(18)19-4)17-11-9(16-13(17)14)8(3)5-6-15-11/h5-7,10H,1-4H3,(H2,14,16). The Hall–Kier alpha value is -2.11. The molecule has 1 atom stereocenters. The number of rotatable bonds is 3. The highest BCUT2D eigenvalue weighted by molar-refractivity contribution is 5.82. The van der Waals surface area contributed by atoms with Crippen LogP contribution < -0.4 is 5.73 Å². The third-order valence-corrected chi connectivity index (χ3v) is 3.16. The van der Waals surface area contributed by atoms with Crippen molar-refractivity contribution in [2.75, 3.05) is 12.8 Å². The predicted molar refractivity (Wildman–Crippen MR) is 72.6 cm³/mol. The van der Waals surface area contributed by atoms with Crippen molar-refractivity contribution in [1.82, 2.24) is 14.5 Å². The van der Waals surface area contributed by atoms with E-state index < -0.39 is 6.04 Å². The molecule has 2 N–H and O–H groups in total. The molecule has 0 saturated heterocycles. The average molecular weight is 262 g/mol. The fourth-order valence-corrected chi connectivity index (χ4v) is 2.20. The molecule has 0 saturated carbocycles. The topological polar surface area (TPSA) is 83.0 Å². The van der Waals surface area contributed by atoms with Crippen molar-refractivity contribution in [3.05, 3.63) is 17.8 Å². The van der Waals surface area contributed by atoms with E-state index in [9.17, 15) is 4.79 Å². The van der Waals surface area contributed by atoms with E-state index in [1.807, 2.05) is 26.8 Å². The first-order chi connectivity index (χ1) is 8.97. The Morgan fingerprint density at radius 2 is 2.16 bits per heavy atom. The van der Waals surface area contributed by atoms with Gasteiger partial charge < -0.3 is 10.5 Å². The minimum Gasteiger partial charge on any atom is -0.467 e. The van der Waals surface area contributed by atoms with Crippen molar-refractivity contribution >= 4 is 23.1 Å². The van der Waals surface area contributed by atoms with Crippen LogP contribution in [0.2, 0.25) is 0 Å². The molecule has 0 bridgehead atoms. The van der Waals surface area contributed by atoms with Gasteiger partial charge in [0.2, 0.25) is 5.95 Å². The molecule has 6 nitrogen and oxygen atoms in total. The lowest BCUT2D eigenvalue weighted by molar-refractivity contribution is -0.145. The molecule has 0 radical (unpaired) electrons. The first-order valence-electron chi connectivity index (χ1n) is 6.14. The largest absolute Gasteiger partial charge is 0.467 e. The number of hydrogen-bond donors (Lipinski definition) is 1. The van der Waals surface area contributed by atoms with Gasteiger partial charge in [-0.3, -0.25) is 4.57 Å². The number of pyridine rings is 1. The smallest absolute Gasteiger partial charge is 0.329 e. The van der Waals surface area contributed by atoms with Gasteiger partial charge >= 0.3 is 5.97 Å². The highest BCUT2D eigenvalue weighted by atomic mass is 16.5. The van der Waals surface area contributed by atoms with Gasteiger partial charge in [-0.15, -0.1) is 0 Å². The Labute approximate surface area is 111 Å². The Bertz CT molecular complexity index is 618. The van der Waals surface area contributed by atoms with Crippen LogP contribution in [0.4, 0.5) is 5.95 Å². The van der Waals surface area contributed by atoms with Gasteiger partial charge in [-0.2, -0.15) is 0 Å². The van der Waals surface area contributed by atoms with Crippen LogP contribution in [0, 0.1) is 12.8 Å². The van der Waals surface area contributed by atoms with E-state index in [0.717, 1.165) is 11.1 Å². The SMILES string of the molecule is COC(=O)C(C(C)C)n1c(N)nc2c(C)ccnc21. The minimum absolute atomic E-state index is 0.0227. The van der Waals surface area contributed by atoms with Crippen molar-refractivity contribution in [3.8, 4) is 0 Å². The molecule has 0 fully saturated rings. The average Bonchev–Trinajstić information content (AvgIpc) is 2.68. The van der Waals surface area contributed by atoms with Crippen LogP contribution in [0.3, 0.4) is 0 Å². The summed E-state index contributed by atoms with van der Waals surface area (Å²) in [5.41, 5.74) is 8.26. The molecule has 6 heteroatoms. The van der Waals surface area contributed by atoms with Gasteiger partial charge in [0, 0.05) is 6.20 Å². The molecule has 2 rings (SSSR count). The van der Waals surface area contributed by atoms with E-state index in [4.69, 9.17) is 10.5 Å². The van der Waals surface area contributed by atoms with Crippen LogP contribution in [0.25, 0.3) is 11.2 Å². The second-order valence-electron chi connectivity index (χ2n) is 4.85. The maximum absolute atomic E-state index is 12.0. The zero-order valence-corrected chi connectivity index (χ0v) is 11.5. The maximum Gasteiger partial charge on any atom is 0.329 e. The molecule has 102 valence electrons. The molecular formula is C13H18N4O2. The Morgan fingerprint density at radius 1 is 1.47 bits per heavy atom. The molecule has 1 unspecified atom stereocenters. The van der Waals surface area contributed by atoms with Crippen molar-refractivity contribution in [3.63, 3.8) is 0 Å². The van der Waals surface area contributed by atoms with Gasteiger partial charge in [-0.05, 0) is 24.5 Å². The molecule has 2 aromatic heterocycles. The van der Waals surface area contributed by atoms with E-state index in [0.29, 0.717) is 5.65 Å². The van der Waals surface area contributed by atoms with Gasteiger partial charge in [0.05, 0.1) is 7.11 Å². The third kappa shape index (κ3) is 2.14. The summed E-state index contributed by atoms with van der Waals surface area (Å²) in [6.07, 6.45) is 1.68. The highest BCUT2D eigenvalue weighted by Crippen LogP contribution is 2.28. The van der Waals surface area contributed by atoms with Crippen LogP contribution in [0.1, 0.15) is 25.5 Å². The summed E-state index contributed by atoms with van der Waals surface area (Å²) in [6.45, 7) is 5.80. The molecule has 0 aliphatic heterocycles.